The minimum Gasteiger partial charge on any atom is -0.492 e. The van der Waals surface area contributed by atoms with E-state index in [1.165, 1.54) is 16.7 Å². The smallest absolute Gasteiger partial charge is 0.124 e. The lowest BCUT2D eigenvalue weighted by molar-refractivity contribution is 0.259. The largest absolute Gasteiger partial charge is 0.492 e. The molecule has 3 rings (SSSR count). The van der Waals surface area contributed by atoms with Crippen LogP contribution in [-0.4, -0.2) is 32.1 Å². The number of rotatable bonds is 9. The number of likely N-dealkylation sites (N-methyl/N-ethyl adjacent to an activating group) is 1. The van der Waals surface area contributed by atoms with Crippen molar-refractivity contribution in [1.82, 2.24) is 4.90 Å². The first-order valence-corrected chi connectivity index (χ1v) is 10.4. The van der Waals surface area contributed by atoms with Gasteiger partial charge in [-0.1, -0.05) is 84.9 Å². The molecule has 1 atom stereocenters. The van der Waals surface area contributed by atoms with Gasteiger partial charge < -0.3 is 9.64 Å². The van der Waals surface area contributed by atoms with Gasteiger partial charge in [0.05, 0.1) is 5.38 Å². The Bertz CT molecular complexity index is 906. The Morgan fingerprint density at radius 3 is 2.21 bits per heavy atom. The summed E-state index contributed by atoms with van der Waals surface area (Å²) < 4.78 is 6.03. The lowest BCUT2D eigenvalue weighted by atomic mass is 9.95. The van der Waals surface area contributed by atoms with Crippen LogP contribution in [0.1, 0.15) is 28.5 Å². The van der Waals surface area contributed by atoms with Crippen molar-refractivity contribution in [3.63, 3.8) is 0 Å². The molecule has 0 saturated carbocycles. The first-order chi connectivity index (χ1) is 14.1. The molecule has 0 aliphatic rings. The third kappa shape index (κ3) is 6.49. The summed E-state index contributed by atoms with van der Waals surface area (Å²) in [7, 11) is 4.08. The van der Waals surface area contributed by atoms with E-state index in [-0.39, 0.29) is 5.38 Å². The highest BCUT2D eigenvalue weighted by molar-refractivity contribution is 6.21. The lowest BCUT2D eigenvalue weighted by Crippen LogP contribution is -2.19. The van der Waals surface area contributed by atoms with E-state index in [1.807, 2.05) is 44.4 Å². The number of para-hydroxylation sites is 1. The summed E-state index contributed by atoms with van der Waals surface area (Å²) in [5, 5.41) is -0.180. The summed E-state index contributed by atoms with van der Waals surface area (Å²) >= 11 is 6.93. The molecule has 0 bridgehead atoms. The van der Waals surface area contributed by atoms with Gasteiger partial charge in [-0.15, -0.1) is 11.6 Å². The zero-order valence-electron chi connectivity index (χ0n) is 17.1. The average Bonchev–Trinajstić information content (AvgIpc) is 2.75. The van der Waals surface area contributed by atoms with Gasteiger partial charge in [-0.2, -0.15) is 0 Å². The predicted octanol–water partition coefficient (Wildman–Crippen LogP) is 6.54. The Morgan fingerprint density at radius 1 is 0.897 bits per heavy atom. The fourth-order valence-corrected chi connectivity index (χ4v) is 3.52. The number of hydrogen-bond donors (Lipinski definition) is 0. The highest BCUT2D eigenvalue weighted by Gasteiger charge is 2.16. The minimum atomic E-state index is -0.180. The topological polar surface area (TPSA) is 12.5 Å². The van der Waals surface area contributed by atoms with Crippen LogP contribution in [0.3, 0.4) is 0 Å². The molecule has 1 unspecified atom stereocenters. The number of ether oxygens (including phenoxy) is 1. The van der Waals surface area contributed by atoms with Crippen LogP contribution in [0.4, 0.5) is 0 Å². The van der Waals surface area contributed by atoms with Crippen LogP contribution in [-0.2, 0) is 0 Å². The van der Waals surface area contributed by atoms with Gasteiger partial charge in [0, 0.05) is 12.1 Å². The van der Waals surface area contributed by atoms with E-state index in [0.29, 0.717) is 13.0 Å². The van der Waals surface area contributed by atoms with Gasteiger partial charge in [-0.05, 0) is 43.3 Å². The maximum absolute atomic E-state index is 6.93. The number of halogens is 1. The lowest BCUT2D eigenvalue weighted by Gasteiger charge is -2.18. The fourth-order valence-electron chi connectivity index (χ4n) is 3.17. The van der Waals surface area contributed by atoms with Crippen LogP contribution < -0.4 is 4.74 Å². The Labute approximate surface area is 179 Å². The van der Waals surface area contributed by atoms with Crippen LogP contribution >= 0.6 is 11.6 Å². The Balaban J connectivity index is 1.84. The monoisotopic (exact) mass is 405 g/mol. The Morgan fingerprint density at radius 2 is 1.52 bits per heavy atom. The van der Waals surface area contributed by atoms with Crippen molar-refractivity contribution in [2.45, 2.75) is 11.8 Å². The first kappa shape index (κ1) is 21.2. The van der Waals surface area contributed by atoms with Crippen molar-refractivity contribution in [3.05, 3.63) is 102 Å². The predicted molar refractivity (Wildman–Crippen MR) is 124 cm³/mol. The summed E-state index contributed by atoms with van der Waals surface area (Å²) in [6.07, 6.45) is 2.94. The molecular weight excluding hydrogens is 378 g/mol. The molecule has 0 N–H and O–H groups in total. The number of alkyl halides is 1. The van der Waals surface area contributed by atoms with Crippen molar-refractivity contribution >= 4 is 23.3 Å². The molecule has 2 nitrogen and oxygen atoms in total. The van der Waals surface area contributed by atoms with Crippen molar-refractivity contribution in [1.29, 1.82) is 0 Å². The van der Waals surface area contributed by atoms with Crippen LogP contribution in [0.2, 0.25) is 0 Å². The van der Waals surface area contributed by atoms with Gasteiger partial charge in [0.15, 0.2) is 0 Å². The number of allylic oxidation sites excluding steroid dienone is 1. The molecule has 3 aromatic carbocycles. The molecule has 3 heteroatoms. The number of hydrogen-bond acceptors (Lipinski definition) is 2. The molecule has 0 spiro atoms. The SMILES string of the molecule is CN(C)CCOc1ccccc1C(Cl)CC(=Cc1ccccc1)c1ccccc1. The van der Waals surface area contributed by atoms with Gasteiger partial charge in [0.25, 0.3) is 0 Å². The second-order valence-electron chi connectivity index (χ2n) is 7.31. The zero-order chi connectivity index (χ0) is 20.5. The van der Waals surface area contributed by atoms with E-state index >= 15 is 0 Å². The first-order valence-electron chi connectivity index (χ1n) is 9.95. The Hall–Kier alpha value is -2.55. The Kier molecular flexibility index (Phi) is 7.92. The van der Waals surface area contributed by atoms with E-state index in [2.05, 4.69) is 65.6 Å². The normalized spacial score (nSPS) is 12.8. The summed E-state index contributed by atoms with van der Waals surface area (Å²) in [5.74, 6) is 0.862. The highest BCUT2D eigenvalue weighted by Crippen LogP contribution is 2.37. The van der Waals surface area contributed by atoms with Gasteiger partial charge in [-0.25, -0.2) is 0 Å². The zero-order valence-corrected chi connectivity index (χ0v) is 17.8. The molecule has 0 aliphatic carbocycles. The van der Waals surface area contributed by atoms with Gasteiger partial charge in [0.1, 0.15) is 12.4 Å². The molecule has 29 heavy (non-hydrogen) atoms. The van der Waals surface area contributed by atoms with Gasteiger partial charge in [0.2, 0.25) is 0 Å². The summed E-state index contributed by atoms with van der Waals surface area (Å²) in [5.41, 5.74) is 4.60. The number of benzene rings is 3. The van der Waals surface area contributed by atoms with Crippen molar-refractivity contribution in [2.24, 2.45) is 0 Å². The molecule has 3 aromatic rings. The third-order valence-electron chi connectivity index (χ3n) is 4.74. The molecule has 0 radical (unpaired) electrons. The van der Waals surface area contributed by atoms with E-state index < -0.39 is 0 Å². The molecule has 150 valence electrons. The molecule has 0 fully saturated rings. The quantitative estimate of drug-likeness (QED) is 0.296. The fraction of sp³-hybridized carbons (Fsp3) is 0.231. The third-order valence-corrected chi connectivity index (χ3v) is 5.13. The van der Waals surface area contributed by atoms with Crippen molar-refractivity contribution < 1.29 is 4.74 Å². The summed E-state index contributed by atoms with van der Waals surface area (Å²) in [6.45, 7) is 1.50. The second-order valence-corrected chi connectivity index (χ2v) is 7.83. The van der Waals surface area contributed by atoms with E-state index in [9.17, 15) is 0 Å². The van der Waals surface area contributed by atoms with E-state index in [4.69, 9.17) is 16.3 Å². The summed E-state index contributed by atoms with van der Waals surface area (Å²) in [6, 6.07) is 28.9. The van der Waals surface area contributed by atoms with E-state index in [0.717, 1.165) is 17.9 Å². The summed E-state index contributed by atoms with van der Waals surface area (Å²) in [4.78, 5) is 2.11. The standard InChI is InChI=1S/C26H28ClNO/c1-28(2)17-18-29-26-16-10-9-15-24(26)25(27)20-23(22-13-7-4-8-14-22)19-21-11-5-3-6-12-21/h3-16,19,25H,17-18,20H2,1-2H3. The maximum Gasteiger partial charge on any atom is 0.124 e. The minimum absolute atomic E-state index is 0.180. The molecule has 0 saturated heterocycles. The van der Waals surface area contributed by atoms with Crippen molar-refractivity contribution in [2.75, 3.05) is 27.2 Å². The van der Waals surface area contributed by atoms with Crippen LogP contribution in [0.15, 0.2) is 84.9 Å². The highest BCUT2D eigenvalue weighted by atomic mass is 35.5. The molecular formula is C26H28ClNO. The molecule has 0 aromatic heterocycles. The molecule has 0 amide bonds. The molecule has 0 heterocycles. The van der Waals surface area contributed by atoms with E-state index in [1.54, 1.807) is 0 Å². The second kappa shape index (κ2) is 10.8. The number of nitrogens with zero attached hydrogens (tertiary/aromatic N) is 1. The van der Waals surface area contributed by atoms with Crippen LogP contribution in [0.25, 0.3) is 11.6 Å². The van der Waals surface area contributed by atoms with Crippen LogP contribution in [0, 0.1) is 0 Å². The average molecular weight is 406 g/mol. The maximum atomic E-state index is 6.93. The van der Waals surface area contributed by atoms with Gasteiger partial charge >= 0.3 is 0 Å². The van der Waals surface area contributed by atoms with Crippen molar-refractivity contribution in [3.8, 4) is 5.75 Å². The van der Waals surface area contributed by atoms with Crippen LogP contribution in [0.5, 0.6) is 5.75 Å². The molecule has 0 aliphatic heterocycles. The van der Waals surface area contributed by atoms with Gasteiger partial charge in [-0.3, -0.25) is 0 Å².